The van der Waals surface area contributed by atoms with Gasteiger partial charge < -0.3 is 0 Å². The first-order chi connectivity index (χ1) is 16.0. The van der Waals surface area contributed by atoms with Crippen LogP contribution in [-0.4, -0.2) is 9.85 Å². The Hall–Kier alpha value is -2.90. The van der Waals surface area contributed by atoms with Crippen LogP contribution in [0.5, 0.6) is 0 Å². The third-order valence-electron chi connectivity index (χ3n) is 4.03. The second-order valence-corrected chi connectivity index (χ2v) is 8.62. The average molecular weight is 580 g/mol. The molecule has 0 radical (unpaired) electrons. The van der Waals surface area contributed by atoms with E-state index in [4.69, 9.17) is 0 Å². The van der Waals surface area contributed by atoms with Crippen molar-refractivity contribution in [1.29, 1.82) is 0 Å². The molecular weight excluding hydrogens is 576 g/mol. The first-order valence-corrected chi connectivity index (χ1v) is 10.5. The highest BCUT2D eigenvalue weighted by molar-refractivity contribution is 8.76. The van der Waals surface area contributed by atoms with Crippen molar-refractivity contribution in [2.45, 2.75) is 34.5 Å². The highest BCUT2D eigenvalue weighted by Crippen LogP contribution is 2.52. The second-order valence-electron chi connectivity index (χ2n) is 6.40. The summed E-state index contributed by atoms with van der Waals surface area (Å²) in [5.41, 5.74) is -13.0. The summed E-state index contributed by atoms with van der Waals surface area (Å²) >= 11 is 0. The molecule has 2 aromatic rings. The van der Waals surface area contributed by atoms with E-state index in [0.29, 0.717) is 0 Å². The number of nitrogens with zero attached hydrogens (tertiary/aromatic N) is 2. The van der Waals surface area contributed by atoms with E-state index in [2.05, 4.69) is 0 Å². The smallest absolute Gasteiger partial charge is 0.258 e. The largest absolute Gasteiger partial charge is 0.417 e. The Bertz CT molecular complexity index is 1110. The van der Waals surface area contributed by atoms with Gasteiger partial charge in [-0.3, -0.25) is 20.2 Å². The Kier molecular flexibility index (Phi) is 7.76. The Morgan fingerprint density at radius 1 is 0.500 bits per heavy atom. The highest BCUT2D eigenvalue weighted by Gasteiger charge is 2.47. The quantitative estimate of drug-likeness (QED) is 0.153. The fourth-order valence-electron chi connectivity index (χ4n) is 2.58. The maximum Gasteiger partial charge on any atom is 0.417 e. The Balaban J connectivity index is 2.72. The van der Waals surface area contributed by atoms with Crippen LogP contribution in [0.1, 0.15) is 22.3 Å². The molecule has 198 valence electrons. The van der Waals surface area contributed by atoms with Gasteiger partial charge in [-0.2, -0.15) is 52.7 Å². The molecule has 0 aliphatic heterocycles. The number of hydrogen-bond acceptors (Lipinski definition) is 6. The standard InChI is InChI=1S/C16H4F12N2O4S2/c17-13(18,19)5-1-9(29(31)32)11(3-7(5)15(23,24)25)35-36-12-4-8(16(26,27)28)6(14(20,21)22)2-10(12)30(33)34/h1-4H. The summed E-state index contributed by atoms with van der Waals surface area (Å²) in [6.07, 6.45) is -22.9. The number of rotatable bonds is 5. The molecule has 0 spiro atoms. The van der Waals surface area contributed by atoms with E-state index in [-0.39, 0.29) is 33.7 Å². The molecule has 20 heteroatoms. The number of nitro groups is 2. The number of hydrogen-bond donors (Lipinski definition) is 0. The van der Waals surface area contributed by atoms with Crippen LogP contribution < -0.4 is 0 Å². The summed E-state index contributed by atoms with van der Waals surface area (Å²) in [6.45, 7) is 0. The van der Waals surface area contributed by atoms with Crippen LogP contribution in [0.2, 0.25) is 0 Å². The molecule has 0 fully saturated rings. The molecule has 0 heterocycles. The van der Waals surface area contributed by atoms with Gasteiger partial charge in [0.15, 0.2) is 0 Å². The monoisotopic (exact) mass is 580 g/mol. The topological polar surface area (TPSA) is 86.3 Å². The lowest BCUT2D eigenvalue weighted by Crippen LogP contribution is -2.17. The van der Waals surface area contributed by atoms with Crippen molar-refractivity contribution in [2.75, 3.05) is 0 Å². The molecular formula is C16H4F12N2O4S2. The fraction of sp³-hybridized carbons (Fsp3) is 0.250. The van der Waals surface area contributed by atoms with Gasteiger partial charge in [0.05, 0.1) is 41.9 Å². The van der Waals surface area contributed by atoms with Crippen molar-refractivity contribution < 1.29 is 62.5 Å². The van der Waals surface area contributed by atoms with Gasteiger partial charge >= 0.3 is 24.7 Å². The van der Waals surface area contributed by atoms with E-state index in [1.54, 1.807) is 0 Å². The van der Waals surface area contributed by atoms with Gasteiger partial charge in [0, 0.05) is 12.1 Å². The number of benzene rings is 2. The van der Waals surface area contributed by atoms with E-state index in [0.717, 1.165) is 0 Å². The van der Waals surface area contributed by atoms with Gasteiger partial charge in [0.2, 0.25) is 0 Å². The lowest BCUT2D eigenvalue weighted by molar-refractivity contribution is -0.388. The first kappa shape index (κ1) is 29.3. The molecule has 6 nitrogen and oxygen atoms in total. The third kappa shape index (κ3) is 6.45. The van der Waals surface area contributed by atoms with Gasteiger partial charge in [0.1, 0.15) is 0 Å². The molecule has 0 atom stereocenters. The minimum absolute atomic E-state index is 0.303. The van der Waals surface area contributed by atoms with Crippen LogP contribution in [0.3, 0.4) is 0 Å². The fourth-order valence-corrected chi connectivity index (χ4v) is 4.87. The SMILES string of the molecule is O=[N+]([O-])c1cc(C(F)(F)F)c(C(F)(F)F)cc1SSc1cc(C(F)(F)F)c(C(F)(F)F)cc1[N+](=O)[O-]. The van der Waals surface area contributed by atoms with Gasteiger partial charge in [-0.05, 0) is 33.7 Å². The number of halogens is 12. The predicted octanol–water partition coefficient (Wildman–Crippen LogP) is 8.38. The van der Waals surface area contributed by atoms with E-state index in [1.807, 2.05) is 0 Å². The lowest BCUT2D eigenvalue weighted by Gasteiger charge is -2.17. The molecule has 0 saturated heterocycles. The maximum absolute atomic E-state index is 13.2. The molecule has 0 aliphatic rings. The van der Waals surface area contributed by atoms with Crippen LogP contribution in [0, 0.1) is 20.2 Å². The maximum atomic E-state index is 13.2. The van der Waals surface area contributed by atoms with Crippen LogP contribution in [-0.2, 0) is 24.7 Å². The van der Waals surface area contributed by atoms with E-state index >= 15 is 0 Å². The molecule has 2 rings (SSSR count). The molecule has 0 aromatic heterocycles. The molecule has 0 unspecified atom stereocenters. The van der Waals surface area contributed by atoms with Gasteiger partial charge in [-0.25, -0.2) is 0 Å². The molecule has 0 saturated carbocycles. The number of nitro benzene ring substituents is 2. The zero-order chi connectivity index (χ0) is 28.0. The Labute approximate surface area is 197 Å². The van der Waals surface area contributed by atoms with Crippen molar-refractivity contribution in [3.05, 3.63) is 66.7 Å². The van der Waals surface area contributed by atoms with Crippen molar-refractivity contribution in [3.63, 3.8) is 0 Å². The molecule has 0 N–H and O–H groups in total. The average Bonchev–Trinajstić information content (AvgIpc) is 2.67. The summed E-state index contributed by atoms with van der Waals surface area (Å²) in [4.78, 5) is 16.7. The zero-order valence-electron chi connectivity index (χ0n) is 16.2. The summed E-state index contributed by atoms with van der Waals surface area (Å²) in [5, 5.41) is 22.3. The van der Waals surface area contributed by atoms with E-state index in [1.165, 1.54) is 0 Å². The summed E-state index contributed by atoms with van der Waals surface area (Å²) in [5.74, 6) is 0. The normalized spacial score (nSPS) is 13.1. The first-order valence-electron chi connectivity index (χ1n) is 8.33. The summed E-state index contributed by atoms with van der Waals surface area (Å²) < 4.78 is 157. The molecule has 0 amide bonds. The van der Waals surface area contributed by atoms with Crippen LogP contribution in [0.15, 0.2) is 34.1 Å². The van der Waals surface area contributed by atoms with Gasteiger partial charge in [-0.15, -0.1) is 0 Å². The minimum Gasteiger partial charge on any atom is -0.258 e. The lowest BCUT2D eigenvalue weighted by atomic mass is 10.1. The number of alkyl halides is 12. The van der Waals surface area contributed by atoms with Crippen molar-refractivity contribution in [3.8, 4) is 0 Å². The predicted molar refractivity (Wildman–Crippen MR) is 97.9 cm³/mol. The van der Waals surface area contributed by atoms with Crippen LogP contribution >= 0.6 is 21.6 Å². The Morgan fingerprint density at radius 3 is 0.917 bits per heavy atom. The highest BCUT2D eigenvalue weighted by atomic mass is 33.1. The third-order valence-corrected chi connectivity index (χ3v) is 6.46. The molecule has 0 aliphatic carbocycles. The van der Waals surface area contributed by atoms with Gasteiger partial charge in [-0.1, -0.05) is 0 Å². The molecule has 2 aromatic carbocycles. The minimum atomic E-state index is -5.72. The molecule has 36 heavy (non-hydrogen) atoms. The Morgan fingerprint density at radius 2 is 0.722 bits per heavy atom. The summed E-state index contributed by atoms with van der Waals surface area (Å²) in [7, 11) is -0.606. The second kappa shape index (κ2) is 9.52. The van der Waals surface area contributed by atoms with E-state index < -0.39 is 90.1 Å². The van der Waals surface area contributed by atoms with Gasteiger partial charge in [0.25, 0.3) is 11.4 Å². The van der Waals surface area contributed by atoms with Crippen molar-refractivity contribution >= 4 is 33.0 Å². The van der Waals surface area contributed by atoms with Crippen LogP contribution in [0.25, 0.3) is 0 Å². The summed E-state index contributed by atoms with van der Waals surface area (Å²) in [6, 6.07) is -1.68. The van der Waals surface area contributed by atoms with Crippen molar-refractivity contribution in [2.24, 2.45) is 0 Å². The zero-order valence-corrected chi connectivity index (χ0v) is 17.8. The van der Waals surface area contributed by atoms with E-state index in [9.17, 15) is 72.9 Å². The van der Waals surface area contributed by atoms with Crippen LogP contribution in [0.4, 0.5) is 64.1 Å². The van der Waals surface area contributed by atoms with Crippen molar-refractivity contribution in [1.82, 2.24) is 0 Å². The molecule has 0 bridgehead atoms.